The second-order valence-electron chi connectivity index (χ2n) is 1.54. The van der Waals surface area contributed by atoms with Crippen molar-refractivity contribution in [1.82, 2.24) is 0 Å². The number of hydrogen-bond acceptors (Lipinski definition) is 2. The molecule has 48 valence electrons. The molecule has 0 fully saturated rings. The second kappa shape index (κ2) is 3.09. The number of alkyl halides is 1. The third-order valence-corrected chi connectivity index (χ3v) is 2.59. The molecule has 1 atom stereocenters. The number of carbonyl (C=O) groups excluding carboxylic acids is 1. The van der Waals surface area contributed by atoms with Crippen LogP contribution in [0.5, 0.6) is 0 Å². The van der Waals surface area contributed by atoms with Crippen molar-refractivity contribution in [3.63, 3.8) is 0 Å². The van der Waals surface area contributed by atoms with Crippen LogP contribution in [-0.2, 0) is 4.79 Å². The van der Waals surface area contributed by atoms with Crippen molar-refractivity contribution in [1.29, 1.82) is 0 Å². The van der Waals surface area contributed by atoms with Crippen LogP contribution in [-0.4, -0.2) is 15.9 Å². The molecule has 0 aromatic rings. The van der Waals surface area contributed by atoms with Gasteiger partial charge in [0, 0.05) is 12.4 Å². The van der Waals surface area contributed by atoms with Gasteiger partial charge in [-0.15, -0.1) is 0 Å². The van der Waals surface area contributed by atoms with Gasteiger partial charge >= 0.3 is 0 Å². The predicted molar refractivity (Wildman–Crippen MR) is 53.4 cm³/mol. The topological polar surface area (TPSA) is 29.4 Å². The lowest BCUT2D eigenvalue weighted by Gasteiger charge is -2.04. The third kappa shape index (κ3) is 1.73. The van der Waals surface area contributed by atoms with Crippen LogP contribution in [0.2, 0.25) is 0 Å². The highest BCUT2D eigenvalue weighted by Gasteiger charge is 2.17. The Morgan fingerprint density at radius 3 is 2.78 bits per heavy atom. The Balaban J connectivity index is 2.86. The maximum Gasteiger partial charge on any atom is 0.188 e. The summed E-state index contributed by atoms with van der Waals surface area (Å²) >= 11 is 4.04. The summed E-state index contributed by atoms with van der Waals surface area (Å²) in [6.45, 7) is 0. The summed E-state index contributed by atoms with van der Waals surface area (Å²) in [6, 6.07) is 0. The lowest BCUT2D eigenvalue weighted by Crippen LogP contribution is -2.17. The van der Waals surface area contributed by atoms with Gasteiger partial charge in [-0.2, -0.15) is 0 Å². The summed E-state index contributed by atoms with van der Waals surface area (Å²) in [5.41, 5.74) is 0. The first-order valence-electron chi connectivity index (χ1n) is 2.29. The number of carbonyl (C=O) groups is 1. The molecule has 0 aromatic heterocycles. The molecule has 1 heterocycles. The van der Waals surface area contributed by atoms with Crippen LogP contribution in [0.15, 0.2) is 14.8 Å². The number of nitrogens with zero attached hydrogens (tertiary/aromatic N) is 1. The monoisotopic (exact) mass is 347 g/mol. The Morgan fingerprint density at radius 1 is 1.67 bits per heavy atom. The normalized spacial score (nSPS) is 26.2. The number of allylic oxidation sites excluding steroid dienone is 1. The van der Waals surface area contributed by atoms with E-state index in [0.717, 1.165) is 3.58 Å². The average molecular weight is 347 g/mol. The summed E-state index contributed by atoms with van der Waals surface area (Å²) in [7, 11) is 0. The molecular formula is C5H3I2NO. The molecule has 2 nitrogen and oxygen atoms in total. The largest absolute Gasteiger partial charge is 0.292 e. The highest BCUT2D eigenvalue weighted by atomic mass is 127. The molecule has 0 N–H and O–H groups in total. The van der Waals surface area contributed by atoms with Crippen LogP contribution < -0.4 is 0 Å². The van der Waals surface area contributed by atoms with Crippen LogP contribution in [0.1, 0.15) is 0 Å². The Morgan fingerprint density at radius 2 is 2.33 bits per heavy atom. The van der Waals surface area contributed by atoms with Gasteiger partial charge < -0.3 is 0 Å². The fraction of sp³-hybridized carbons (Fsp3) is 0.200. The fourth-order valence-corrected chi connectivity index (χ4v) is 2.06. The van der Waals surface area contributed by atoms with Crippen molar-refractivity contribution in [2.24, 2.45) is 4.99 Å². The van der Waals surface area contributed by atoms with Gasteiger partial charge in [-0.25, -0.2) is 0 Å². The highest BCUT2D eigenvalue weighted by Crippen LogP contribution is 2.17. The molecule has 1 unspecified atom stereocenters. The van der Waals surface area contributed by atoms with E-state index >= 15 is 0 Å². The van der Waals surface area contributed by atoms with Crippen molar-refractivity contribution in [2.75, 3.05) is 0 Å². The van der Waals surface area contributed by atoms with Gasteiger partial charge in [0.2, 0.25) is 0 Å². The SMILES string of the molecule is O=C1C(I)=CN=CC1I. The summed E-state index contributed by atoms with van der Waals surface area (Å²) in [6.07, 6.45) is 3.23. The lowest BCUT2D eigenvalue weighted by atomic mass is 10.3. The quantitative estimate of drug-likeness (QED) is 0.485. The minimum atomic E-state index is -0.0560. The second-order valence-corrected chi connectivity index (χ2v) is 4.05. The van der Waals surface area contributed by atoms with E-state index in [2.05, 4.69) is 27.6 Å². The molecule has 0 aliphatic carbocycles. The predicted octanol–water partition coefficient (Wildman–Crippen LogP) is 1.72. The van der Waals surface area contributed by atoms with Crippen molar-refractivity contribution >= 4 is 57.2 Å². The van der Waals surface area contributed by atoms with E-state index in [1.165, 1.54) is 0 Å². The molecule has 0 amide bonds. The van der Waals surface area contributed by atoms with Gasteiger partial charge in [0.25, 0.3) is 0 Å². The Hall–Kier alpha value is 0.540. The first-order chi connectivity index (χ1) is 4.22. The molecule has 1 aliphatic heterocycles. The van der Waals surface area contributed by atoms with Crippen molar-refractivity contribution in [2.45, 2.75) is 3.92 Å². The van der Waals surface area contributed by atoms with E-state index in [-0.39, 0.29) is 9.71 Å². The lowest BCUT2D eigenvalue weighted by molar-refractivity contribution is -0.113. The van der Waals surface area contributed by atoms with Crippen LogP contribution >= 0.6 is 45.2 Å². The van der Waals surface area contributed by atoms with Crippen molar-refractivity contribution in [3.8, 4) is 0 Å². The zero-order valence-electron chi connectivity index (χ0n) is 4.34. The van der Waals surface area contributed by atoms with E-state index in [1.54, 1.807) is 12.4 Å². The zero-order valence-corrected chi connectivity index (χ0v) is 8.66. The van der Waals surface area contributed by atoms with E-state index in [9.17, 15) is 4.79 Å². The van der Waals surface area contributed by atoms with Crippen LogP contribution in [0, 0.1) is 0 Å². The standard InChI is InChI=1S/C5H3I2NO/c6-3-1-8-2-4(7)5(3)9/h1-3H. The Kier molecular flexibility index (Phi) is 2.62. The number of halogens is 2. The van der Waals surface area contributed by atoms with E-state index in [1.807, 2.05) is 22.6 Å². The molecule has 0 aromatic carbocycles. The molecule has 9 heavy (non-hydrogen) atoms. The first-order valence-corrected chi connectivity index (χ1v) is 4.61. The van der Waals surface area contributed by atoms with Gasteiger partial charge in [0.1, 0.15) is 3.92 Å². The van der Waals surface area contributed by atoms with E-state index in [4.69, 9.17) is 0 Å². The zero-order chi connectivity index (χ0) is 6.85. The minimum Gasteiger partial charge on any atom is -0.292 e. The first kappa shape index (κ1) is 7.64. The van der Waals surface area contributed by atoms with E-state index in [0.29, 0.717) is 0 Å². The maximum absolute atomic E-state index is 11.0. The number of ketones is 1. The van der Waals surface area contributed by atoms with Gasteiger partial charge in [-0.05, 0) is 22.6 Å². The maximum atomic E-state index is 11.0. The van der Waals surface area contributed by atoms with Gasteiger partial charge in [-0.1, -0.05) is 22.6 Å². The smallest absolute Gasteiger partial charge is 0.188 e. The minimum absolute atomic E-state index is 0.0560. The van der Waals surface area contributed by atoms with Gasteiger partial charge in [-0.3, -0.25) is 9.79 Å². The molecule has 0 saturated heterocycles. The average Bonchev–Trinajstić information content (AvgIpc) is 1.83. The summed E-state index contributed by atoms with van der Waals surface area (Å²) in [5.74, 6) is 0.159. The summed E-state index contributed by atoms with van der Waals surface area (Å²) in [5, 5.41) is 0. The number of rotatable bonds is 0. The molecule has 1 aliphatic rings. The summed E-state index contributed by atoms with van der Waals surface area (Å²) < 4.78 is 0.661. The fourth-order valence-electron chi connectivity index (χ4n) is 0.447. The van der Waals surface area contributed by atoms with Crippen molar-refractivity contribution < 1.29 is 4.79 Å². The van der Waals surface area contributed by atoms with Crippen molar-refractivity contribution in [3.05, 3.63) is 9.78 Å². The van der Waals surface area contributed by atoms with Crippen LogP contribution in [0.3, 0.4) is 0 Å². The molecule has 0 bridgehead atoms. The van der Waals surface area contributed by atoms with Crippen LogP contribution in [0.4, 0.5) is 0 Å². The van der Waals surface area contributed by atoms with Gasteiger partial charge in [0.15, 0.2) is 5.78 Å². The third-order valence-electron chi connectivity index (χ3n) is 0.891. The van der Waals surface area contributed by atoms with Crippen LogP contribution in [0.25, 0.3) is 0 Å². The molecule has 4 heteroatoms. The molecule has 0 saturated carbocycles. The Bertz CT molecular complexity index is 197. The molecular weight excluding hydrogens is 344 g/mol. The van der Waals surface area contributed by atoms with E-state index < -0.39 is 0 Å². The molecule has 0 radical (unpaired) electrons. The number of Topliss-reactive ketones (excluding diaryl/α,β-unsaturated/α-hetero) is 1. The number of aliphatic imine (C=N–C) groups is 1. The molecule has 0 spiro atoms. The molecule has 1 rings (SSSR count). The summed E-state index contributed by atoms with van der Waals surface area (Å²) in [4.78, 5) is 14.8. The van der Waals surface area contributed by atoms with Gasteiger partial charge in [0.05, 0.1) is 3.58 Å². The highest BCUT2D eigenvalue weighted by molar-refractivity contribution is 14.1. The Labute approximate surface area is 80.1 Å². The number of hydrogen-bond donors (Lipinski definition) is 0.